The monoisotopic (exact) mass is 297 g/mol. The van der Waals surface area contributed by atoms with Crippen LogP contribution in [0.3, 0.4) is 0 Å². The lowest BCUT2D eigenvalue weighted by Gasteiger charge is -2.08. The summed E-state index contributed by atoms with van der Waals surface area (Å²) in [7, 11) is 0. The molecule has 5 nitrogen and oxygen atoms in total. The number of imidazole rings is 1. The van der Waals surface area contributed by atoms with Crippen molar-refractivity contribution in [2.45, 2.75) is 6.18 Å². The van der Waals surface area contributed by atoms with Gasteiger partial charge in [0.25, 0.3) is 0 Å². The SMILES string of the molecule is Nc1ncnc2nc(-c3ccc(F)c(C(F)(F)F)c3)[nH]c12. The van der Waals surface area contributed by atoms with Crippen LogP contribution in [0.25, 0.3) is 22.6 Å². The number of nitrogens with one attached hydrogen (secondary N) is 1. The Labute approximate surface area is 114 Å². The van der Waals surface area contributed by atoms with Crippen molar-refractivity contribution in [2.75, 3.05) is 5.73 Å². The Morgan fingerprint density at radius 3 is 2.57 bits per heavy atom. The molecule has 2 heterocycles. The molecule has 9 heteroatoms. The standard InChI is InChI=1S/C12H7F4N5/c13-7-2-1-5(3-6(7)12(14,15)16)10-20-8-9(17)18-4-19-11(8)21-10/h1-4H,(H3,17,18,19,20,21). The number of aromatic nitrogens is 4. The smallest absolute Gasteiger partial charge is 0.382 e. The summed E-state index contributed by atoms with van der Waals surface area (Å²) in [5, 5.41) is 0. The Kier molecular flexibility index (Phi) is 2.78. The molecule has 2 aromatic heterocycles. The first kappa shape index (κ1) is 13.3. The van der Waals surface area contributed by atoms with Crippen LogP contribution < -0.4 is 5.73 Å². The molecular weight excluding hydrogens is 290 g/mol. The number of nitrogens with two attached hydrogens (primary N) is 1. The van der Waals surface area contributed by atoms with Crippen molar-refractivity contribution < 1.29 is 17.6 Å². The first-order valence-corrected chi connectivity index (χ1v) is 5.69. The predicted molar refractivity (Wildman–Crippen MR) is 66.5 cm³/mol. The summed E-state index contributed by atoms with van der Waals surface area (Å²) in [4.78, 5) is 14.3. The van der Waals surface area contributed by atoms with Crippen molar-refractivity contribution in [3.63, 3.8) is 0 Å². The van der Waals surface area contributed by atoms with Crippen LogP contribution in [0, 0.1) is 5.82 Å². The highest BCUT2D eigenvalue weighted by molar-refractivity contribution is 5.84. The number of alkyl halides is 3. The van der Waals surface area contributed by atoms with Crippen LogP contribution >= 0.6 is 0 Å². The zero-order chi connectivity index (χ0) is 15.2. The fraction of sp³-hybridized carbons (Fsp3) is 0.0833. The van der Waals surface area contributed by atoms with Gasteiger partial charge in [-0.05, 0) is 18.2 Å². The molecule has 0 aliphatic carbocycles. The van der Waals surface area contributed by atoms with Gasteiger partial charge in [-0.1, -0.05) is 0 Å². The molecule has 0 saturated heterocycles. The summed E-state index contributed by atoms with van der Waals surface area (Å²) < 4.78 is 51.4. The molecule has 0 radical (unpaired) electrons. The minimum Gasteiger partial charge on any atom is -0.382 e. The molecule has 0 fully saturated rings. The number of fused-ring (bicyclic) bond motifs is 1. The van der Waals surface area contributed by atoms with Crippen molar-refractivity contribution in [3.05, 3.63) is 35.9 Å². The zero-order valence-electron chi connectivity index (χ0n) is 10.2. The number of H-pyrrole nitrogens is 1. The van der Waals surface area contributed by atoms with E-state index in [4.69, 9.17) is 5.73 Å². The molecule has 0 atom stereocenters. The van der Waals surface area contributed by atoms with Crippen LogP contribution in [0.2, 0.25) is 0 Å². The minimum absolute atomic E-state index is 0.0705. The number of rotatable bonds is 1. The van der Waals surface area contributed by atoms with E-state index in [1.54, 1.807) is 0 Å². The van der Waals surface area contributed by atoms with Gasteiger partial charge in [0.05, 0.1) is 5.56 Å². The van der Waals surface area contributed by atoms with Crippen molar-refractivity contribution in [2.24, 2.45) is 0 Å². The zero-order valence-corrected chi connectivity index (χ0v) is 10.2. The average Bonchev–Trinajstić information content (AvgIpc) is 2.83. The van der Waals surface area contributed by atoms with E-state index in [1.807, 2.05) is 0 Å². The number of benzene rings is 1. The second-order valence-electron chi connectivity index (χ2n) is 4.24. The van der Waals surface area contributed by atoms with Gasteiger partial charge in [-0.3, -0.25) is 0 Å². The van der Waals surface area contributed by atoms with E-state index >= 15 is 0 Å². The molecule has 0 amide bonds. The fourth-order valence-corrected chi connectivity index (χ4v) is 1.87. The lowest BCUT2D eigenvalue weighted by molar-refractivity contribution is -0.139. The Morgan fingerprint density at radius 1 is 1.14 bits per heavy atom. The number of nitrogen functional groups attached to an aromatic ring is 1. The Balaban J connectivity index is 2.17. The molecule has 3 rings (SSSR count). The topological polar surface area (TPSA) is 80.5 Å². The molecule has 0 aliphatic rings. The van der Waals surface area contributed by atoms with Gasteiger partial charge in [-0.15, -0.1) is 0 Å². The van der Waals surface area contributed by atoms with Crippen molar-refractivity contribution in [1.29, 1.82) is 0 Å². The Morgan fingerprint density at radius 2 is 1.90 bits per heavy atom. The third-order valence-corrected chi connectivity index (χ3v) is 2.86. The third kappa shape index (κ3) is 2.26. The number of aromatic amines is 1. The summed E-state index contributed by atoms with van der Waals surface area (Å²) >= 11 is 0. The predicted octanol–water partition coefficient (Wildman–Crippen LogP) is 2.76. The van der Waals surface area contributed by atoms with Crippen LogP contribution in [0.15, 0.2) is 24.5 Å². The largest absolute Gasteiger partial charge is 0.419 e. The normalized spacial score (nSPS) is 12.0. The highest BCUT2D eigenvalue weighted by Gasteiger charge is 2.34. The van der Waals surface area contributed by atoms with Crippen molar-refractivity contribution in [1.82, 2.24) is 19.9 Å². The molecule has 0 spiro atoms. The lowest BCUT2D eigenvalue weighted by atomic mass is 10.1. The quantitative estimate of drug-likeness (QED) is 0.677. The Bertz CT molecular complexity index is 824. The summed E-state index contributed by atoms with van der Waals surface area (Å²) in [6, 6.07) is 2.60. The van der Waals surface area contributed by atoms with E-state index in [-0.39, 0.29) is 22.9 Å². The molecule has 0 saturated carbocycles. The first-order chi connectivity index (χ1) is 9.86. The lowest BCUT2D eigenvalue weighted by Crippen LogP contribution is -2.08. The highest BCUT2D eigenvalue weighted by atomic mass is 19.4. The van der Waals surface area contributed by atoms with Gasteiger partial charge in [0.15, 0.2) is 11.5 Å². The summed E-state index contributed by atoms with van der Waals surface area (Å²) in [6.45, 7) is 0. The molecule has 3 N–H and O–H groups in total. The third-order valence-electron chi connectivity index (χ3n) is 2.86. The van der Waals surface area contributed by atoms with Crippen LogP contribution in [0.5, 0.6) is 0 Å². The maximum absolute atomic E-state index is 13.3. The van der Waals surface area contributed by atoms with Crippen LogP contribution in [-0.4, -0.2) is 19.9 Å². The van der Waals surface area contributed by atoms with Crippen LogP contribution in [0.4, 0.5) is 23.4 Å². The van der Waals surface area contributed by atoms with E-state index in [2.05, 4.69) is 19.9 Å². The summed E-state index contributed by atoms with van der Waals surface area (Å²) in [6.07, 6.45) is -3.60. The molecule has 0 bridgehead atoms. The van der Waals surface area contributed by atoms with Gasteiger partial charge in [-0.25, -0.2) is 19.3 Å². The average molecular weight is 297 g/mol. The number of anilines is 1. The van der Waals surface area contributed by atoms with Gasteiger partial charge in [0, 0.05) is 5.56 Å². The van der Waals surface area contributed by atoms with Gasteiger partial charge < -0.3 is 10.7 Å². The van der Waals surface area contributed by atoms with E-state index < -0.39 is 17.6 Å². The molecule has 1 aromatic carbocycles. The first-order valence-electron chi connectivity index (χ1n) is 5.69. The van der Waals surface area contributed by atoms with Crippen molar-refractivity contribution in [3.8, 4) is 11.4 Å². The van der Waals surface area contributed by atoms with Crippen LogP contribution in [-0.2, 0) is 6.18 Å². The number of hydrogen-bond donors (Lipinski definition) is 2. The van der Waals surface area contributed by atoms with Gasteiger partial charge >= 0.3 is 6.18 Å². The molecule has 0 aliphatic heterocycles. The molecule has 108 valence electrons. The summed E-state index contributed by atoms with van der Waals surface area (Å²) in [5.74, 6) is -1.12. The van der Waals surface area contributed by atoms with Gasteiger partial charge in [0.2, 0.25) is 0 Å². The van der Waals surface area contributed by atoms with E-state index in [0.29, 0.717) is 11.6 Å². The molecule has 0 unspecified atom stereocenters. The van der Waals surface area contributed by atoms with E-state index in [9.17, 15) is 17.6 Å². The Hall–Kier alpha value is -2.71. The minimum atomic E-state index is -4.79. The maximum atomic E-state index is 13.3. The molecule has 21 heavy (non-hydrogen) atoms. The number of halogens is 4. The summed E-state index contributed by atoms with van der Waals surface area (Å²) in [5.41, 5.74) is 4.85. The second-order valence-corrected chi connectivity index (χ2v) is 4.24. The van der Waals surface area contributed by atoms with E-state index in [0.717, 1.165) is 6.07 Å². The molecule has 3 aromatic rings. The fourth-order valence-electron chi connectivity index (χ4n) is 1.87. The highest BCUT2D eigenvalue weighted by Crippen LogP contribution is 2.34. The van der Waals surface area contributed by atoms with Gasteiger partial charge in [-0.2, -0.15) is 13.2 Å². The van der Waals surface area contributed by atoms with Gasteiger partial charge in [0.1, 0.15) is 23.5 Å². The van der Waals surface area contributed by atoms with Crippen LogP contribution in [0.1, 0.15) is 5.56 Å². The second kappa shape index (κ2) is 4.40. The number of hydrogen-bond acceptors (Lipinski definition) is 4. The number of nitrogens with zero attached hydrogens (tertiary/aromatic N) is 3. The maximum Gasteiger partial charge on any atom is 0.419 e. The molecular formula is C12H7F4N5. The van der Waals surface area contributed by atoms with Crippen molar-refractivity contribution >= 4 is 17.0 Å². The van der Waals surface area contributed by atoms with E-state index in [1.165, 1.54) is 12.4 Å².